The van der Waals surface area contributed by atoms with Gasteiger partial charge in [-0.3, -0.25) is 4.79 Å². The molecule has 0 atom stereocenters. The average Bonchev–Trinajstić information content (AvgIpc) is 2.80. The summed E-state index contributed by atoms with van der Waals surface area (Å²) in [6.45, 7) is 4.76. The summed E-state index contributed by atoms with van der Waals surface area (Å²) in [6, 6.07) is 21.7. The number of sulfonamides is 1. The fourth-order valence-corrected chi connectivity index (χ4v) is 4.65. The summed E-state index contributed by atoms with van der Waals surface area (Å²) in [4.78, 5) is 14.9. The molecule has 0 aromatic heterocycles. The summed E-state index contributed by atoms with van der Waals surface area (Å²) < 4.78 is 33.1. The van der Waals surface area contributed by atoms with Gasteiger partial charge in [-0.1, -0.05) is 48.0 Å². The van der Waals surface area contributed by atoms with E-state index in [2.05, 4.69) is 0 Å². The molecule has 0 saturated carbocycles. The fourth-order valence-electron chi connectivity index (χ4n) is 3.50. The van der Waals surface area contributed by atoms with Crippen LogP contribution >= 0.6 is 0 Å². The van der Waals surface area contributed by atoms with Gasteiger partial charge in [0.2, 0.25) is 10.0 Å². The van der Waals surface area contributed by atoms with E-state index in [0.29, 0.717) is 30.0 Å². The Balaban J connectivity index is 1.85. The number of carbonyl (C=O) groups is 1. The van der Waals surface area contributed by atoms with Crippen LogP contribution in [-0.2, 0) is 23.1 Å². The van der Waals surface area contributed by atoms with Crippen molar-refractivity contribution in [1.29, 1.82) is 0 Å². The zero-order valence-electron chi connectivity index (χ0n) is 19.5. The highest BCUT2D eigenvalue weighted by molar-refractivity contribution is 7.89. The quantitative estimate of drug-likeness (QED) is 0.466. The van der Waals surface area contributed by atoms with Crippen LogP contribution in [0, 0.1) is 6.92 Å². The molecule has 174 valence electrons. The van der Waals surface area contributed by atoms with Gasteiger partial charge in [0, 0.05) is 38.3 Å². The van der Waals surface area contributed by atoms with E-state index in [-0.39, 0.29) is 17.3 Å². The number of amides is 1. The average molecular weight is 467 g/mol. The number of aryl methyl sites for hydroxylation is 1. The SMILES string of the molecule is CCOc1ccc(C(=O)N(C)Cc2ccccc2)cc1CN(C)S(=O)(=O)c1ccc(C)cc1. The van der Waals surface area contributed by atoms with Crippen LogP contribution in [0.2, 0.25) is 0 Å². The van der Waals surface area contributed by atoms with E-state index in [4.69, 9.17) is 4.74 Å². The van der Waals surface area contributed by atoms with Gasteiger partial charge in [0.1, 0.15) is 5.75 Å². The summed E-state index contributed by atoms with van der Waals surface area (Å²) >= 11 is 0. The Hall–Kier alpha value is -3.16. The van der Waals surface area contributed by atoms with E-state index in [1.165, 1.54) is 11.4 Å². The molecule has 0 spiro atoms. The van der Waals surface area contributed by atoms with Gasteiger partial charge in [0.05, 0.1) is 11.5 Å². The zero-order valence-corrected chi connectivity index (χ0v) is 20.3. The predicted octanol–water partition coefficient (Wildman–Crippen LogP) is 4.49. The smallest absolute Gasteiger partial charge is 0.253 e. The number of nitrogens with zero attached hydrogens (tertiary/aromatic N) is 2. The van der Waals surface area contributed by atoms with E-state index < -0.39 is 10.0 Å². The molecule has 0 saturated heterocycles. The maximum atomic E-state index is 13.1. The number of benzene rings is 3. The number of ether oxygens (including phenoxy) is 1. The van der Waals surface area contributed by atoms with Gasteiger partial charge in [0.15, 0.2) is 0 Å². The minimum Gasteiger partial charge on any atom is -0.494 e. The highest BCUT2D eigenvalue weighted by atomic mass is 32.2. The van der Waals surface area contributed by atoms with Gasteiger partial charge in [-0.25, -0.2) is 8.42 Å². The second kappa shape index (κ2) is 10.6. The third-order valence-corrected chi connectivity index (χ3v) is 7.16. The third kappa shape index (κ3) is 6.00. The molecule has 6 nitrogen and oxygen atoms in total. The highest BCUT2D eigenvalue weighted by Gasteiger charge is 2.23. The second-order valence-electron chi connectivity index (χ2n) is 7.98. The molecule has 33 heavy (non-hydrogen) atoms. The molecule has 1 amide bonds. The van der Waals surface area contributed by atoms with Gasteiger partial charge in [-0.05, 0) is 49.7 Å². The van der Waals surface area contributed by atoms with E-state index in [9.17, 15) is 13.2 Å². The Morgan fingerprint density at radius 2 is 1.58 bits per heavy atom. The van der Waals surface area contributed by atoms with Crippen LogP contribution in [0.1, 0.15) is 34.0 Å². The normalized spacial score (nSPS) is 11.4. The maximum absolute atomic E-state index is 13.1. The van der Waals surface area contributed by atoms with Gasteiger partial charge in [0.25, 0.3) is 5.91 Å². The molecule has 3 aromatic carbocycles. The third-order valence-electron chi connectivity index (χ3n) is 5.34. The predicted molar refractivity (Wildman–Crippen MR) is 130 cm³/mol. The molecule has 0 aliphatic carbocycles. The zero-order chi connectivity index (χ0) is 24.0. The topological polar surface area (TPSA) is 66.9 Å². The Labute approximate surface area is 196 Å². The lowest BCUT2D eigenvalue weighted by molar-refractivity contribution is 0.0785. The molecule has 0 fully saturated rings. The summed E-state index contributed by atoms with van der Waals surface area (Å²) in [5.74, 6) is 0.415. The Bertz CT molecular complexity index is 1190. The number of hydrogen-bond donors (Lipinski definition) is 0. The summed E-state index contributed by atoms with van der Waals surface area (Å²) in [5.41, 5.74) is 3.13. The molecular weight excluding hydrogens is 436 g/mol. The van der Waals surface area contributed by atoms with Crippen molar-refractivity contribution >= 4 is 15.9 Å². The van der Waals surface area contributed by atoms with Crippen LogP contribution in [0.15, 0.2) is 77.7 Å². The molecule has 0 aliphatic rings. The van der Waals surface area contributed by atoms with Crippen molar-refractivity contribution in [2.45, 2.75) is 31.8 Å². The first-order chi connectivity index (χ1) is 15.7. The lowest BCUT2D eigenvalue weighted by Crippen LogP contribution is -2.28. The van der Waals surface area contributed by atoms with Gasteiger partial charge < -0.3 is 9.64 Å². The first-order valence-electron chi connectivity index (χ1n) is 10.8. The summed E-state index contributed by atoms with van der Waals surface area (Å²) in [5, 5.41) is 0. The molecule has 3 aromatic rings. The molecule has 0 heterocycles. The monoisotopic (exact) mass is 466 g/mol. The van der Waals surface area contributed by atoms with Gasteiger partial charge in [-0.2, -0.15) is 4.31 Å². The Kier molecular flexibility index (Phi) is 7.89. The first-order valence-corrected chi connectivity index (χ1v) is 12.2. The molecule has 0 radical (unpaired) electrons. The molecule has 7 heteroatoms. The van der Waals surface area contributed by atoms with Crippen molar-refractivity contribution in [2.24, 2.45) is 0 Å². The lowest BCUT2D eigenvalue weighted by Gasteiger charge is -2.21. The van der Waals surface area contributed by atoms with Crippen molar-refractivity contribution in [3.63, 3.8) is 0 Å². The van der Waals surface area contributed by atoms with E-state index in [1.807, 2.05) is 44.2 Å². The van der Waals surface area contributed by atoms with E-state index >= 15 is 0 Å². The van der Waals surface area contributed by atoms with E-state index in [0.717, 1.165) is 11.1 Å². The molecule has 3 rings (SSSR count). The Morgan fingerprint density at radius 1 is 0.909 bits per heavy atom. The second-order valence-corrected chi connectivity index (χ2v) is 10.0. The van der Waals surface area contributed by atoms with Gasteiger partial charge in [-0.15, -0.1) is 0 Å². The van der Waals surface area contributed by atoms with Crippen molar-refractivity contribution in [2.75, 3.05) is 20.7 Å². The number of hydrogen-bond acceptors (Lipinski definition) is 4. The Morgan fingerprint density at radius 3 is 2.21 bits per heavy atom. The van der Waals surface area contributed by atoms with Crippen molar-refractivity contribution in [1.82, 2.24) is 9.21 Å². The molecule has 0 bridgehead atoms. The summed E-state index contributed by atoms with van der Waals surface area (Å²) in [7, 11) is -0.415. The van der Waals surface area contributed by atoms with Crippen molar-refractivity contribution < 1.29 is 17.9 Å². The molecule has 0 unspecified atom stereocenters. The molecule has 0 N–H and O–H groups in total. The van der Waals surface area contributed by atoms with Crippen LogP contribution in [-0.4, -0.2) is 44.2 Å². The van der Waals surface area contributed by atoms with Crippen LogP contribution < -0.4 is 4.74 Å². The number of carbonyl (C=O) groups excluding carboxylic acids is 1. The van der Waals surface area contributed by atoms with E-state index in [1.54, 1.807) is 54.4 Å². The number of rotatable bonds is 9. The minimum absolute atomic E-state index is 0.0784. The largest absolute Gasteiger partial charge is 0.494 e. The first kappa shape index (κ1) is 24.5. The maximum Gasteiger partial charge on any atom is 0.253 e. The summed E-state index contributed by atoms with van der Waals surface area (Å²) in [6.07, 6.45) is 0. The standard InChI is InChI=1S/C26H30N2O4S/c1-5-32-25-16-13-22(26(29)27(3)18-21-9-7-6-8-10-21)17-23(25)19-28(4)33(30,31)24-14-11-20(2)12-15-24/h6-17H,5,18-19H2,1-4H3. The highest BCUT2D eigenvalue weighted by Crippen LogP contribution is 2.25. The van der Waals surface area contributed by atoms with Crippen LogP contribution in [0.4, 0.5) is 0 Å². The fraction of sp³-hybridized carbons (Fsp3) is 0.269. The van der Waals surface area contributed by atoms with Gasteiger partial charge >= 0.3 is 0 Å². The van der Waals surface area contributed by atoms with Crippen LogP contribution in [0.5, 0.6) is 5.75 Å². The van der Waals surface area contributed by atoms with Crippen LogP contribution in [0.3, 0.4) is 0 Å². The molecule has 0 aliphatic heterocycles. The lowest BCUT2D eigenvalue weighted by atomic mass is 10.1. The van der Waals surface area contributed by atoms with Crippen molar-refractivity contribution in [3.8, 4) is 5.75 Å². The van der Waals surface area contributed by atoms with Crippen LogP contribution in [0.25, 0.3) is 0 Å². The minimum atomic E-state index is -3.69. The van der Waals surface area contributed by atoms with Crippen molar-refractivity contribution in [3.05, 3.63) is 95.1 Å². The molecular formula is C26H30N2O4S.